The number of hydrazone groups is 1. The number of rotatable bonds is 6. The highest BCUT2D eigenvalue weighted by Crippen LogP contribution is 2.33. The molecule has 2 aliphatic heterocycles. The zero-order valence-corrected chi connectivity index (χ0v) is 19.4. The Hall–Kier alpha value is -2.74. The molecule has 168 valence electrons. The number of hydrogen-bond acceptors (Lipinski definition) is 7. The van der Waals surface area contributed by atoms with Crippen molar-refractivity contribution in [3.63, 3.8) is 0 Å². The molecule has 2 aromatic rings. The van der Waals surface area contributed by atoms with Crippen LogP contribution in [0.4, 0.5) is 5.69 Å². The van der Waals surface area contributed by atoms with Crippen molar-refractivity contribution < 1.29 is 14.4 Å². The van der Waals surface area contributed by atoms with Crippen molar-refractivity contribution >= 4 is 37.9 Å². The highest BCUT2D eigenvalue weighted by atomic mass is 16.5. The molecular weight excluding hydrogens is 404 g/mol. The third-order valence-corrected chi connectivity index (χ3v) is 6.23. The number of aliphatic hydroxyl groups excluding tert-OH is 1. The fourth-order valence-electron chi connectivity index (χ4n) is 4.60. The summed E-state index contributed by atoms with van der Waals surface area (Å²) in [5.41, 5.74) is 1.33. The van der Waals surface area contributed by atoms with Crippen LogP contribution in [0.15, 0.2) is 46.0 Å². The van der Waals surface area contributed by atoms with Crippen LogP contribution in [-0.4, -0.2) is 66.2 Å². The number of carbonyl (C=O) groups excluding carboxylic acids is 1. The van der Waals surface area contributed by atoms with Gasteiger partial charge in [-0.25, -0.2) is 5.01 Å². The maximum Gasteiger partial charge on any atom is 0.234 e. The number of anilines is 1. The fourth-order valence-corrected chi connectivity index (χ4v) is 4.60. The average molecular weight is 435 g/mol. The van der Waals surface area contributed by atoms with Gasteiger partial charge in [-0.05, 0) is 38.0 Å². The van der Waals surface area contributed by atoms with Gasteiger partial charge >= 0.3 is 0 Å². The Bertz CT molecular complexity index is 994. The summed E-state index contributed by atoms with van der Waals surface area (Å²) in [7, 11) is 2.75. The summed E-state index contributed by atoms with van der Waals surface area (Å²) in [6, 6.07) is 11.5. The number of β-amino-alcohol motifs (C(OH)–C–C–N with tert-alkyl or cyclic N) is 1. The molecule has 32 heavy (non-hydrogen) atoms. The first kappa shape index (κ1) is 22.5. The van der Waals surface area contributed by atoms with Crippen LogP contribution in [0.2, 0.25) is 0 Å². The first-order valence-corrected chi connectivity index (χ1v) is 11.4. The van der Waals surface area contributed by atoms with Gasteiger partial charge in [0.1, 0.15) is 30.3 Å². The molecule has 0 saturated carbocycles. The second-order valence-corrected chi connectivity index (χ2v) is 9.51. The predicted octanol–water partition coefficient (Wildman–Crippen LogP) is 0.145. The van der Waals surface area contributed by atoms with Crippen LogP contribution >= 0.6 is 0 Å². The quantitative estimate of drug-likeness (QED) is 0.628. The molecule has 1 unspecified atom stereocenters. The van der Waals surface area contributed by atoms with Gasteiger partial charge in [-0.3, -0.25) is 4.79 Å². The SMILES string of the molecule is BBc1cc(C(C(=O)N2C[C@H](O)C[C@H]2C2=NN(c3ccccc3)C(C)(C)N2)C(C)C)on1. The van der Waals surface area contributed by atoms with Crippen molar-refractivity contribution in [3.05, 3.63) is 42.2 Å². The normalized spacial score (nSPS) is 23.2. The van der Waals surface area contributed by atoms with Gasteiger partial charge in [-0.15, -0.1) is 0 Å². The van der Waals surface area contributed by atoms with Crippen molar-refractivity contribution in [2.75, 3.05) is 11.6 Å². The van der Waals surface area contributed by atoms with E-state index in [9.17, 15) is 9.90 Å². The van der Waals surface area contributed by atoms with E-state index in [4.69, 9.17) is 9.62 Å². The Labute approximate surface area is 190 Å². The van der Waals surface area contributed by atoms with Gasteiger partial charge in [-0.2, -0.15) is 5.10 Å². The molecule has 0 bridgehead atoms. The number of likely N-dealkylation sites (tertiary alicyclic amines) is 1. The van der Waals surface area contributed by atoms with E-state index in [1.165, 1.54) is 0 Å². The minimum atomic E-state index is -0.601. The van der Waals surface area contributed by atoms with E-state index in [1.807, 2.05) is 76.8 Å². The first-order chi connectivity index (χ1) is 15.2. The van der Waals surface area contributed by atoms with Gasteiger partial charge in [-0.1, -0.05) is 37.2 Å². The second kappa shape index (κ2) is 8.65. The van der Waals surface area contributed by atoms with Gasteiger partial charge in [0.05, 0.1) is 25.6 Å². The fraction of sp³-hybridized carbons (Fsp3) is 0.500. The van der Waals surface area contributed by atoms with Crippen molar-refractivity contribution in [2.24, 2.45) is 11.0 Å². The summed E-state index contributed by atoms with van der Waals surface area (Å²) >= 11 is 0. The molecular formula is C22H31B2N5O3. The number of nitrogens with one attached hydrogen (secondary N) is 1. The van der Waals surface area contributed by atoms with Crippen molar-refractivity contribution in [1.29, 1.82) is 0 Å². The van der Waals surface area contributed by atoms with Crippen LogP contribution in [0.3, 0.4) is 0 Å². The van der Waals surface area contributed by atoms with Crippen LogP contribution in [0.25, 0.3) is 0 Å². The Morgan fingerprint density at radius 1 is 1.34 bits per heavy atom. The molecule has 4 rings (SSSR count). The number of amidine groups is 1. The molecule has 1 aromatic heterocycles. The Morgan fingerprint density at radius 3 is 2.69 bits per heavy atom. The number of benzene rings is 1. The smallest absolute Gasteiger partial charge is 0.234 e. The molecule has 1 aromatic carbocycles. The number of amides is 1. The Kier molecular flexibility index (Phi) is 6.07. The van der Waals surface area contributed by atoms with E-state index < -0.39 is 17.7 Å². The molecule has 1 saturated heterocycles. The summed E-state index contributed by atoms with van der Waals surface area (Å²) in [5, 5.41) is 24.8. The standard InChI is InChI=1S/C22H31B2N5O3/c1-13(2)19(17-11-18(24-23)27-32-17)21(31)28-12-15(30)10-16(28)20-25-22(3,4)29(26-20)14-8-6-5-7-9-14/h5-9,11,13,15-16,19,24,30H,10,12,23H2,1-4H3,(H,25,26)/t15-,16+,19?/m1/s1. The van der Waals surface area contributed by atoms with E-state index in [0.29, 0.717) is 18.0 Å². The molecule has 10 heteroatoms. The van der Waals surface area contributed by atoms with E-state index >= 15 is 0 Å². The largest absolute Gasteiger partial charge is 0.391 e. The van der Waals surface area contributed by atoms with Crippen molar-refractivity contribution in [1.82, 2.24) is 15.4 Å². The number of carbonyl (C=O) groups is 1. The van der Waals surface area contributed by atoms with Gasteiger partial charge < -0.3 is 19.8 Å². The van der Waals surface area contributed by atoms with Crippen LogP contribution in [0.5, 0.6) is 0 Å². The maximum atomic E-state index is 13.7. The molecule has 3 heterocycles. The molecule has 3 atom stereocenters. The second-order valence-electron chi connectivity index (χ2n) is 9.51. The monoisotopic (exact) mass is 435 g/mol. The third kappa shape index (κ3) is 4.16. The topological polar surface area (TPSA) is 94.2 Å². The summed E-state index contributed by atoms with van der Waals surface area (Å²) in [4.78, 5) is 15.5. The minimum Gasteiger partial charge on any atom is -0.391 e. The van der Waals surface area contributed by atoms with E-state index in [-0.39, 0.29) is 24.4 Å². The minimum absolute atomic E-state index is 0.0225. The molecule has 0 spiro atoms. The zero-order valence-electron chi connectivity index (χ0n) is 19.4. The van der Waals surface area contributed by atoms with E-state index in [1.54, 1.807) is 4.90 Å². The van der Waals surface area contributed by atoms with Gasteiger partial charge in [0, 0.05) is 18.6 Å². The number of aliphatic hydroxyl groups is 1. The van der Waals surface area contributed by atoms with E-state index in [2.05, 4.69) is 10.5 Å². The summed E-state index contributed by atoms with van der Waals surface area (Å²) < 4.78 is 5.54. The molecule has 1 fully saturated rings. The zero-order chi connectivity index (χ0) is 23.0. The lowest BCUT2D eigenvalue weighted by molar-refractivity contribution is -0.134. The summed E-state index contributed by atoms with van der Waals surface area (Å²) in [6.45, 7) is 8.37. The summed E-state index contributed by atoms with van der Waals surface area (Å²) in [6.07, 6.45) is -0.159. The van der Waals surface area contributed by atoms with Crippen LogP contribution in [0.1, 0.15) is 45.8 Å². The number of hydrogen-bond donors (Lipinski definition) is 2. The lowest BCUT2D eigenvalue weighted by atomic mass is 9.53. The Balaban J connectivity index is 1.63. The first-order valence-electron chi connectivity index (χ1n) is 11.4. The number of aromatic nitrogens is 1. The van der Waals surface area contributed by atoms with Gasteiger partial charge in [0.25, 0.3) is 0 Å². The highest BCUT2D eigenvalue weighted by Gasteiger charge is 2.46. The Morgan fingerprint density at radius 2 is 2.06 bits per heavy atom. The van der Waals surface area contributed by atoms with Crippen molar-refractivity contribution in [2.45, 2.75) is 57.8 Å². The summed E-state index contributed by atoms with van der Waals surface area (Å²) in [5.74, 6) is 0.763. The maximum absolute atomic E-state index is 13.7. The lowest BCUT2D eigenvalue weighted by Gasteiger charge is -2.32. The average Bonchev–Trinajstić information content (AvgIpc) is 3.45. The predicted molar refractivity (Wildman–Crippen MR) is 129 cm³/mol. The van der Waals surface area contributed by atoms with E-state index in [0.717, 1.165) is 18.5 Å². The lowest BCUT2D eigenvalue weighted by Crippen LogP contribution is -2.53. The van der Waals surface area contributed by atoms with Gasteiger partial charge in [0.15, 0.2) is 0 Å². The van der Waals surface area contributed by atoms with Crippen LogP contribution in [0, 0.1) is 5.92 Å². The molecule has 1 amide bonds. The third-order valence-electron chi connectivity index (χ3n) is 6.23. The molecule has 2 N–H and O–H groups in total. The molecule has 8 nitrogen and oxygen atoms in total. The number of para-hydroxylation sites is 1. The van der Waals surface area contributed by atoms with Crippen molar-refractivity contribution in [3.8, 4) is 0 Å². The van der Waals surface area contributed by atoms with Crippen LogP contribution in [-0.2, 0) is 4.79 Å². The molecule has 0 aliphatic carbocycles. The molecule has 0 radical (unpaired) electrons. The number of nitrogens with zero attached hydrogens (tertiary/aromatic N) is 4. The van der Waals surface area contributed by atoms with Crippen LogP contribution < -0.4 is 15.9 Å². The molecule has 2 aliphatic rings. The van der Waals surface area contributed by atoms with Gasteiger partial charge in [0.2, 0.25) is 5.91 Å². The highest BCUT2D eigenvalue weighted by molar-refractivity contribution is 6.97.